The van der Waals surface area contributed by atoms with Crippen LogP contribution in [0.2, 0.25) is 0 Å². The molecule has 4 rings (SSSR count). The van der Waals surface area contributed by atoms with Gasteiger partial charge < -0.3 is 10.1 Å². The van der Waals surface area contributed by atoms with Crippen LogP contribution in [-0.2, 0) is 20.2 Å². The minimum absolute atomic E-state index is 0.183. The van der Waals surface area contributed by atoms with Crippen LogP contribution in [0.25, 0.3) is 11.3 Å². The molecule has 0 unspecified atom stereocenters. The van der Waals surface area contributed by atoms with E-state index in [2.05, 4.69) is 25.0 Å². The van der Waals surface area contributed by atoms with Crippen molar-refractivity contribution < 1.29 is 17.9 Å². The van der Waals surface area contributed by atoms with Crippen LogP contribution >= 0.6 is 11.3 Å². The quantitative estimate of drug-likeness (QED) is 0.339. The summed E-state index contributed by atoms with van der Waals surface area (Å²) in [5, 5.41) is 4.74. The smallest absolute Gasteiger partial charge is 0.237 e. The van der Waals surface area contributed by atoms with Crippen molar-refractivity contribution in [3.63, 3.8) is 0 Å². The summed E-state index contributed by atoms with van der Waals surface area (Å²) >= 11 is 1.20. The molecule has 2 N–H and O–H groups in total. The summed E-state index contributed by atoms with van der Waals surface area (Å²) in [6.45, 7) is 6.48. The molecule has 2 heterocycles. The van der Waals surface area contributed by atoms with Gasteiger partial charge in [0.2, 0.25) is 21.8 Å². The standard InChI is InChI=1S/C25H31N5O4S2/c1-4-13-34-22-15-26-14-20(28-22)17-7-9-18(10-8-17)27-23(31)25(5-2,6-3)21-16-35-24(29-21)30-36(32,33)19-11-12-19/h7-10,14-16,19H,4-6,11-13H2,1-3H3,(H,27,31)(H,29,30). The Kier molecular flexibility index (Phi) is 7.89. The highest BCUT2D eigenvalue weighted by Crippen LogP contribution is 2.37. The van der Waals surface area contributed by atoms with Crippen LogP contribution in [0.1, 0.15) is 58.6 Å². The zero-order chi connectivity index (χ0) is 25.8. The van der Waals surface area contributed by atoms with Gasteiger partial charge in [-0.3, -0.25) is 14.5 Å². The predicted octanol–water partition coefficient (Wildman–Crippen LogP) is 4.99. The molecule has 2 aromatic heterocycles. The number of hydrogen-bond acceptors (Lipinski definition) is 8. The van der Waals surface area contributed by atoms with Crippen LogP contribution < -0.4 is 14.8 Å². The summed E-state index contributed by atoms with van der Waals surface area (Å²) in [6, 6.07) is 7.38. The van der Waals surface area contributed by atoms with Crippen molar-refractivity contribution in [2.45, 2.75) is 63.5 Å². The van der Waals surface area contributed by atoms with Gasteiger partial charge in [-0.1, -0.05) is 32.9 Å². The van der Waals surface area contributed by atoms with Gasteiger partial charge in [0.25, 0.3) is 0 Å². The summed E-state index contributed by atoms with van der Waals surface area (Å²) in [5.41, 5.74) is 1.87. The van der Waals surface area contributed by atoms with Crippen molar-refractivity contribution in [2.24, 2.45) is 0 Å². The van der Waals surface area contributed by atoms with Crippen LogP contribution in [0, 0.1) is 0 Å². The Hall–Kier alpha value is -3.05. The normalized spacial score (nSPS) is 13.9. The van der Waals surface area contributed by atoms with Crippen molar-refractivity contribution in [3.05, 3.63) is 47.7 Å². The molecular formula is C25H31N5O4S2. The molecule has 3 aromatic rings. The zero-order valence-corrected chi connectivity index (χ0v) is 22.3. The highest BCUT2D eigenvalue weighted by Gasteiger charge is 2.40. The first-order chi connectivity index (χ1) is 17.3. The highest BCUT2D eigenvalue weighted by atomic mass is 32.2. The van der Waals surface area contributed by atoms with Crippen LogP contribution in [-0.4, -0.2) is 41.1 Å². The van der Waals surface area contributed by atoms with Gasteiger partial charge in [-0.25, -0.2) is 18.4 Å². The maximum absolute atomic E-state index is 13.5. The van der Waals surface area contributed by atoms with E-state index in [0.29, 0.717) is 60.4 Å². The molecule has 0 bridgehead atoms. The first-order valence-corrected chi connectivity index (χ1v) is 14.6. The van der Waals surface area contributed by atoms with E-state index < -0.39 is 15.4 Å². The van der Waals surface area contributed by atoms with E-state index in [-0.39, 0.29) is 11.2 Å². The second-order valence-electron chi connectivity index (χ2n) is 8.80. The zero-order valence-electron chi connectivity index (χ0n) is 20.7. The topological polar surface area (TPSA) is 123 Å². The number of thiazole rings is 1. The Labute approximate surface area is 215 Å². The van der Waals surface area contributed by atoms with E-state index in [1.165, 1.54) is 11.3 Å². The number of aromatic nitrogens is 3. The third kappa shape index (κ3) is 5.67. The average molecular weight is 530 g/mol. The van der Waals surface area contributed by atoms with Gasteiger partial charge in [-0.05, 0) is 44.2 Å². The monoisotopic (exact) mass is 529 g/mol. The number of nitrogens with one attached hydrogen (secondary N) is 2. The fraction of sp³-hybridized carbons (Fsp3) is 0.440. The molecular weight excluding hydrogens is 498 g/mol. The minimum atomic E-state index is -3.41. The largest absolute Gasteiger partial charge is 0.477 e. The molecule has 0 saturated heterocycles. The Balaban J connectivity index is 1.49. The van der Waals surface area contributed by atoms with Crippen LogP contribution in [0.5, 0.6) is 5.88 Å². The first-order valence-electron chi connectivity index (χ1n) is 12.2. The molecule has 192 valence electrons. The summed E-state index contributed by atoms with van der Waals surface area (Å²) in [5.74, 6) is 0.293. The van der Waals surface area contributed by atoms with Gasteiger partial charge in [0.05, 0.1) is 41.1 Å². The van der Waals surface area contributed by atoms with Crippen molar-refractivity contribution in [2.75, 3.05) is 16.6 Å². The van der Waals surface area contributed by atoms with Gasteiger partial charge in [0, 0.05) is 16.6 Å². The molecule has 1 aromatic carbocycles. The summed E-state index contributed by atoms with van der Waals surface area (Å²) < 4.78 is 32.7. The molecule has 1 aliphatic rings. The lowest BCUT2D eigenvalue weighted by Gasteiger charge is -2.28. The van der Waals surface area contributed by atoms with E-state index in [1.807, 2.05) is 45.0 Å². The van der Waals surface area contributed by atoms with Crippen molar-refractivity contribution in [1.82, 2.24) is 15.0 Å². The van der Waals surface area contributed by atoms with Gasteiger partial charge >= 0.3 is 0 Å². The number of nitrogens with zero attached hydrogens (tertiary/aromatic N) is 3. The molecule has 0 radical (unpaired) electrons. The Morgan fingerprint density at radius 3 is 2.47 bits per heavy atom. The molecule has 9 nitrogen and oxygen atoms in total. The van der Waals surface area contributed by atoms with E-state index in [0.717, 1.165) is 12.0 Å². The number of amides is 1. The number of carbonyl (C=O) groups excluding carboxylic acids is 1. The van der Waals surface area contributed by atoms with Gasteiger partial charge in [-0.2, -0.15) is 0 Å². The minimum Gasteiger partial charge on any atom is -0.477 e. The lowest BCUT2D eigenvalue weighted by atomic mass is 9.78. The molecule has 11 heteroatoms. The lowest BCUT2D eigenvalue weighted by Crippen LogP contribution is -2.39. The third-order valence-electron chi connectivity index (χ3n) is 6.33. The number of carbonyl (C=O) groups is 1. The van der Waals surface area contributed by atoms with Gasteiger partial charge in [0.1, 0.15) is 0 Å². The van der Waals surface area contributed by atoms with Gasteiger partial charge in [-0.15, -0.1) is 11.3 Å². The Morgan fingerprint density at radius 1 is 1.11 bits per heavy atom. The lowest BCUT2D eigenvalue weighted by molar-refractivity contribution is -0.122. The molecule has 1 saturated carbocycles. The molecule has 0 atom stereocenters. The van der Waals surface area contributed by atoms with Crippen molar-refractivity contribution in [1.29, 1.82) is 0 Å². The first kappa shape index (κ1) is 26.0. The number of benzene rings is 1. The Bertz CT molecular complexity index is 1300. The molecule has 1 amide bonds. The van der Waals surface area contributed by atoms with Crippen LogP contribution in [0.4, 0.5) is 10.8 Å². The fourth-order valence-electron chi connectivity index (χ4n) is 3.91. The van der Waals surface area contributed by atoms with Crippen molar-refractivity contribution >= 4 is 38.1 Å². The molecule has 36 heavy (non-hydrogen) atoms. The summed E-state index contributed by atoms with van der Waals surface area (Å²) in [6.07, 6.45) is 6.53. The van der Waals surface area contributed by atoms with E-state index >= 15 is 0 Å². The van der Waals surface area contributed by atoms with Crippen LogP contribution in [0.15, 0.2) is 42.0 Å². The number of anilines is 2. The molecule has 1 fully saturated rings. The predicted molar refractivity (Wildman–Crippen MR) is 142 cm³/mol. The number of sulfonamides is 1. The average Bonchev–Trinajstić information content (AvgIpc) is 3.66. The van der Waals surface area contributed by atoms with Crippen molar-refractivity contribution in [3.8, 4) is 17.1 Å². The maximum Gasteiger partial charge on any atom is 0.237 e. The molecule has 0 aliphatic heterocycles. The number of rotatable bonds is 12. The molecule has 0 spiro atoms. The second kappa shape index (κ2) is 10.9. The SMILES string of the molecule is CCCOc1cncc(-c2ccc(NC(=O)C(CC)(CC)c3csc(NS(=O)(=O)C4CC4)n3)cc2)n1. The fourth-order valence-corrected chi connectivity index (χ4v) is 6.32. The summed E-state index contributed by atoms with van der Waals surface area (Å²) in [7, 11) is -3.41. The van der Waals surface area contributed by atoms with E-state index in [1.54, 1.807) is 17.8 Å². The van der Waals surface area contributed by atoms with E-state index in [4.69, 9.17) is 4.74 Å². The summed E-state index contributed by atoms with van der Waals surface area (Å²) in [4.78, 5) is 26.7. The Morgan fingerprint density at radius 2 is 1.83 bits per heavy atom. The van der Waals surface area contributed by atoms with E-state index in [9.17, 15) is 13.2 Å². The number of ether oxygens (including phenoxy) is 1. The number of hydrogen-bond donors (Lipinski definition) is 2. The second-order valence-corrected chi connectivity index (χ2v) is 11.6. The molecule has 1 aliphatic carbocycles. The van der Waals surface area contributed by atoms with Gasteiger partial charge in [0.15, 0.2) is 5.13 Å². The maximum atomic E-state index is 13.5. The third-order valence-corrected chi connectivity index (χ3v) is 9.05. The van der Waals surface area contributed by atoms with Crippen LogP contribution in [0.3, 0.4) is 0 Å². The highest BCUT2D eigenvalue weighted by molar-refractivity contribution is 7.93.